The summed E-state index contributed by atoms with van der Waals surface area (Å²) in [5.74, 6) is 0. The third-order valence-electron chi connectivity index (χ3n) is 3.48. The molecule has 1 aliphatic heterocycles. The monoisotopic (exact) mass is 383 g/mol. The fourth-order valence-electron chi connectivity index (χ4n) is 2.37. The first-order valence-electron chi connectivity index (χ1n) is 7.28. The summed E-state index contributed by atoms with van der Waals surface area (Å²) in [6.45, 7) is 2.51. The van der Waals surface area contributed by atoms with Gasteiger partial charge in [0, 0.05) is 10.0 Å². The maximum Gasteiger partial charge on any atom is 0.346 e. The number of hydrogen-bond donors (Lipinski definition) is 0. The molecule has 0 bridgehead atoms. The van der Waals surface area contributed by atoms with E-state index >= 15 is 0 Å². The van der Waals surface area contributed by atoms with Crippen molar-refractivity contribution in [2.24, 2.45) is 10.2 Å². The quantitative estimate of drug-likeness (QED) is 0.419. The highest BCUT2D eigenvalue weighted by atomic mass is 35.5. The molecule has 0 fully saturated rings. The Morgan fingerprint density at radius 3 is 2.60 bits per heavy atom. The first-order chi connectivity index (χ1) is 11.8. The Balaban J connectivity index is 0.000000705. The second kappa shape index (κ2) is 9.74. The lowest BCUT2D eigenvalue weighted by atomic mass is 9.77. The highest BCUT2D eigenvalue weighted by molar-refractivity contribution is 6.35. The van der Waals surface area contributed by atoms with Crippen LogP contribution in [0, 0.1) is 26.7 Å². The van der Waals surface area contributed by atoms with Crippen molar-refractivity contribution in [2.75, 3.05) is 6.54 Å². The van der Waals surface area contributed by atoms with Crippen LogP contribution >= 0.6 is 23.2 Å². The van der Waals surface area contributed by atoms with Gasteiger partial charge in [-0.25, -0.2) is 0 Å². The Bertz CT molecular complexity index is 689. The molecule has 1 aromatic rings. The zero-order chi connectivity index (χ0) is 18.9. The smallest absolute Gasteiger partial charge is 0.346 e. The van der Waals surface area contributed by atoms with E-state index in [1.165, 1.54) is 0 Å². The molecular formula is C15H15Cl2N5O3. The van der Waals surface area contributed by atoms with Crippen LogP contribution in [0.3, 0.4) is 0 Å². The zero-order valence-electron chi connectivity index (χ0n) is 13.4. The fraction of sp³-hybridized carbons (Fsp3) is 0.400. The van der Waals surface area contributed by atoms with Crippen LogP contribution in [-0.4, -0.2) is 29.2 Å². The predicted octanol–water partition coefficient (Wildman–Crippen LogP) is 3.87. The molecule has 0 radical (unpaired) electrons. The van der Waals surface area contributed by atoms with Gasteiger partial charge in [0.15, 0.2) is 0 Å². The first-order valence-corrected chi connectivity index (χ1v) is 8.04. The first kappa shape index (κ1) is 20.6. The van der Waals surface area contributed by atoms with Crippen LogP contribution in [-0.2, 0) is 5.41 Å². The number of nitrogens with zero attached hydrogens (tertiary/aromatic N) is 5. The molecule has 25 heavy (non-hydrogen) atoms. The molecule has 0 saturated heterocycles. The van der Waals surface area contributed by atoms with Crippen LogP contribution in [0.5, 0.6) is 0 Å². The molecule has 0 spiro atoms. The van der Waals surface area contributed by atoms with Gasteiger partial charge in [0.05, 0.1) is 22.8 Å². The Labute approximate surface area is 155 Å². The molecule has 1 aliphatic rings. The standard InChI is InChI=1S/C15H15Cl2N4.NO3/c1-2-3-6-15(8-18,9-21-10-19-20-11-21)13-5-4-12(16)7-14(13)17;2-1(3)4/h4-5,7,10H,2-3,6,9H2,1H3;/q+1;-1. The van der Waals surface area contributed by atoms with Gasteiger partial charge in [0.25, 0.3) is 6.34 Å². The molecule has 0 N–H and O–H groups in total. The third kappa shape index (κ3) is 6.16. The van der Waals surface area contributed by atoms with Gasteiger partial charge in [0.1, 0.15) is 5.41 Å². The second-order valence-electron chi connectivity index (χ2n) is 5.20. The second-order valence-corrected chi connectivity index (χ2v) is 6.05. The zero-order valence-corrected chi connectivity index (χ0v) is 14.9. The molecule has 132 valence electrons. The Kier molecular flexibility index (Phi) is 8.02. The molecule has 1 atom stereocenters. The van der Waals surface area contributed by atoms with Crippen molar-refractivity contribution in [1.29, 1.82) is 5.26 Å². The highest BCUT2D eigenvalue weighted by Gasteiger charge is 2.38. The molecule has 0 aliphatic carbocycles. The summed E-state index contributed by atoms with van der Waals surface area (Å²) in [6, 6.07) is 7.70. The maximum atomic E-state index is 9.84. The minimum Gasteiger partial charge on any atom is -0.356 e. The van der Waals surface area contributed by atoms with Crippen molar-refractivity contribution in [3.05, 3.63) is 49.1 Å². The average Bonchev–Trinajstić information content (AvgIpc) is 3.04. The normalized spacial score (nSPS) is 14.1. The van der Waals surface area contributed by atoms with E-state index in [1.54, 1.807) is 23.4 Å². The predicted molar refractivity (Wildman–Crippen MR) is 96.3 cm³/mol. The molecule has 1 unspecified atom stereocenters. The summed E-state index contributed by atoms with van der Waals surface area (Å²) in [6.07, 6.45) is 6.92. The molecule has 8 nitrogen and oxygen atoms in total. The van der Waals surface area contributed by atoms with Gasteiger partial charge < -0.3 is 15.3 Å². The lowest BCUT2D eigenvalue weighted by Gasteiger charge is -2.27. The lowest BCUT2D eigenvalue weighted by Crippen LogP contribution is -2.38. The van der Waals surface area contributed by atoms with Crippen molar-refractivity contribution in [3.8, 4) is 6.07 Å². The van der Waals surface area contributed by atoms with E-state index in [9.17, 15) is 5.26 Å². The minimum absolute atomic E-state index is 0.415. The summed E-state index contributed by atoms with van der Waals surface area (Å²) in [5, 5.41) is 33.1. The van der Waals surface area contributed by atoms with Gasteiger partial charge in [-0.1, -0.05) is 49.0 Å². The van der Waals surface area contributed by atoms with Gasteiger partial charge in [0.2, 0.25) is 0 Å². The number of nitriles is 1. The minimum atomic E-state index is -1.75. The molecular weight excluding hydrogens is 369 g/mol. The summed E-state index contributed by atoms with van der Waals surface area (Å²) in [5.41, 5.74) is 0.0444. The Morgan fingerprint density at radius 1 is 1.44 bits per heavy atom. The van der Waals surface area contributed by atoms with Crippen molar-refractivity contribution in [2.45, 2.75) is 31.6 Å². The number of rotatable bonds is 6. The van der Waals surface area contributed by atoms with E-state index < -0.39 is 10.5 Å². The molecule has 10 heteroatoms. The summed E-state index contributed by atoms with van der Waals surface area (Å²) in [7, 11) is 0. The largest absolute Gasteiger partial charge is 0.356 e. The highest BCUT2D eigenvalue weighted by Crippen LogP contribution is 2.36. The number of hydrogen-bond acceptors (Lipinski definition) is 7. The Hall–Kier alpha value is -2.46. The van der Waals surface area contributed by atoms with E-state index in [0.717, 1.165) is 18.4 Å². The maximum absolute atomic E-state index is 9.84. The third-order valence-corrected chi connectivity index (χ3v) is 4.03. The van der Waals surface area contributed by atoms with Gasteiger partial charge in [-0.05, 0) is 29.2 Å². The van der Waals surface area contributed by atoms with Gasteiger partial charge in [-0.15, -0.1) is 4.90 Å². The van der Waals surface area contributed by atoms with E-state index in [2.05, 4.69) is 29.5 Å². The number of benzene rings is 1. The van der Waals surface area contributed by atoms with Crippen molar-refractivity contribution in [1.82, 2.24) is 4.90 Å². The van der Waals surface area contributed by atoms with Crippen LogP contribution < -0.4 is 0 Å². The van der Waals surface area contributed by atoms with E-state index in [1.807, 2.05) is 6.07 Å². The lowest BCUT2D eigenvalue weighted by molar-refractivity contribution is -0.402. The van der Waals surface area contributed by atoms with Crippen LogP contribution in [0.15, 0.2) is 28.4 Å². The molecule has 1 aromatic carbocycles. The van der Waals surface area contributed by atoms with Gasteiger partial charge >= 0.3 is 6.34 Å². The van der Waals surface area contributed by atoms with Crippen LogP contribution in [0.4, 0.5) is 0 Å². The van der Waals surface area contributed by atoms with E-state index in [4.69, 9.17) is 38.5 Å². The Morgan fingerprint density at radius 2 is 2.12 bits per heavy atom. The molecule has 0 saturated carbocycles. The van der Waals surface area contributed by atoms with Crippen LogP contribution in [0.1, 0.15) is 31.7 Å². The van der Waals surface area contributed by atoms with E-state index in [-0.39, 0.29) is 0 Å². The topological polar surface area (TPSA) is 118 Å². The summed E-state index contributed by atoms with van der Waals surface area (Å²) in [4.78, 5) is 9.93. The summed E-state index contributed by atoms with van der Waals surface area (Å²) >= 11 is 12.3. The average molecular weight is 384 g/mol. The fourth-order valence-corrected chi connectivity index (χ4v) is 2.96. The summed E-state index contributed by atoms with van der Waals surface area (Å²) < 4.78 is 0. The van der Waals surface area contributed by atoms with Crippen molar-refractivity contribution in [3.63, 3.8) is 0 Å². The molecule has 1 heterocycles. The van der Waals surface area contributed by atoms with Crippen LogP contribution in [0.25, 0.3) is 0 Å². The van der Waals surface area contributed by atoms with Crippen molar-refractivity contribution >= 4 is 35.9 Å². The number of unbranched alkanes of at least 4 members (excludes halogenated alkanes) is 1. The number of halogens is 2. The molecule has 0 aromatic heterocycles. The molecule has 0 amide bonds. The van der Waals surface area contributed by atoms with Gasteiger partial charge in [-0.3, -0.25) is 0 Å². The SMILES string of the molecule is CCCCC(C#N)(CN1[C+]=NN=C1)c1ccc(Cl)cc1Cl.O=[N+]([O-])[O-]. The van der Waals surface area contributed by atoms with Crippen LogP contribution in [0.2, 0.25) is 10.0 Å². The van der Waals surface area contributed by atoms with Crippen molar-refractivity contribution < 1.29 is 5.09 Å². The van der Waals surface area contributed by atoms with Gasteiger partial charge in [-0.2, -0.15) is 5.26 Å². The van der Waals surface area contributed by atoms with E-state index in [0.29, 0.717) is 23.0 Å². The molecule has 2 rings (SSSR count).